The molecule has 12 aromatic rings. The quantitative estimate of drug-likeness (QED) is 0.0206. The van der Waals surface area contributed by atoms with Gasteiger partial charge in [-0.05, 0) is 111 Å². The predicted molar refractivity (Wildman–Crippen MR) is 471 cm³/mol. The Bertz CT molecular complexity index is 5350. The first-order chi connectivity index (χ1) is 61.3. The number of halogens is 1. The molecule has 0 radical (unpaired) electrons. The van der Waals surface area contributed by atoms with Crippen molar-refractivity contribution in [1.29, 1.82) is 0 Å². The molecule has 21 heteroatoms. The largest absolute Gasteiger partial charge is 0.488 e. The Morgan fingerprint density at radius 1 is 0.432 bits per heavy atom. The van der Waals surface area contributed by atoms with E-state index in [2.05, 4.69) is 5.32 Å². The first-order valence-corrected chi connectivity index (χ1v) is 44.1. The van der Waals surface area contributed by atoms with Crippen LogP contribution in [0.15, 0.2) is 346 Å². The van der Waals surface area contributed by atoms with Crippen LogP contribution in [0.25, 0.3) is 0 Å². The number of carbonyl (C=O) groups excluding carboxylic acids is 2. The van der Waals surface area contributed by atoms with Crippen LogP contribution in [0.2, 0.25) is 0 Å². The molecule has 0 aromatic heterocycles. The van der Waals surface area contributed by atoms with Gasteiger partial charge in [0.25, 0.3) is 0 Å². The Morgan fingerprint density at radius 2 is 0.832 bits per heavy atom. The van der Waals surface area contributed by atoms with Crippen molar-refractivity contribution < 1.29 is 88.5 Å². The van der Waals surface area contributed by atoms with Crippen LogP contribution in [0.5, 0.6) is 11.5 Å². The summed E-state index contributed by atoms with van der Waals surface area (Å²) in [4.78, 5) is 30.4. The number of aliphatic hydroxyl groups is 1. The average Bonchev–Trinajstić information content (AvgIpc) is 1.53. The predicted octanol–water partition coefficient (Wildman–Crippen LogP) is 18.2. The van der Waals surface area contributed by atoms with E-state index in [1.807, 2.05) is 303 Å². The third kappa shape index (κ3) is 25.3. The average molecular weight is 1710 g/mol. The Kier molecular flexibility index (Phi) is 31.8. The van der Waals surface area contributed by atoms with Crippen molar-refractivity contribution in [2.45, 2.75) is 145 Å². The van der Waals surface area contributed by atoms with Crippen molar-refractivity contribution in [2.24, 2.45) is 17.8 Å². The van der Waals surface area contributed by atoms with Crippen molar-refractivity contribution in [2.75, 3.05) is 30.9 Å². The minimum atomic E-state index is -4.87. The van der Waals surface area contributed by atoms with E-state index in [1.165, 1.54) is 36.4 Å². The molecule has 125 heavy (non-hydrogen) atoms. The smallest absolute Gasteiger partial charge is 0.316 e. The molecule has 3 aliphatic heterocycles. The van der Waals surface area contributed by atoms with E-state index in [1.54, 1.807) is 6.07 Å². The van der Waals surface area contributed by atoms with Gasteiger partial charge in [0.05, 0.1) is 78.2 Å². The molecule has 0 bridgehead atoms. The maximum atomic E-state index is 16.1. The number of para-hydroxylation sites is 1. The summed E-state index contributed by atoms with van der Waals surface area (Å²) in [6, 6.07) is 105. The molecule has 3 saturated heterocycles. The molecule has 19 nitrogen and oxygen atoms in total. The number of carbonyl (C=O) groups is 2. The van der Waals surface area contributed by atoms with E-state index < -0.39 is 125 Å². The van der Waals surface area contributed by atoms with Gasteiger partial charge in [-0.15, -0.1) is 0 Å². The molecule has 0 aliphatic carbocycles. The molecule has 15 atom stereocenters. The highest BCUT2D eigenvalue weighted by atomic mass is 32.2. The number of ketones is 1. The van der Waals surface area contributed by atoms with Gasteiger partial charge in [-0.2, -0.15) is 8.42 Å². The van der Waals surface area contributed by atoms with E-state index in [0.29, 0.717) is 23.2 Å². The van der Waals surface area contributed by atoms with Crippen LogP contribution >= 0.6 is 0 Å². The number of cyclic esters (lactones) is 1. The Labute approximate surface area is 730 Å². The lowest BCUT2D eigenvalue weighted by molar-refractivity contribution is -0.362. The first kappa shape index (κ1) is 88.5. The van der Waals surface area contributed by atoms with E-state index in [4.69, 9.17) is 61.0 Å². The fourth-order valence-corrected chi connectivity index (χ4v) is 17.4. The van der Waals surface area contributed by atoms with Crippen LogP contribution in [0.4, 0.5) is 10.1 Å². The van der Waals surface area contributed by atoms with Gasteiger partial charge in [-0.1, -0.05) is 303 Å². The summed E-state index contributed by atoms with van der Waals surface area (Å²) < 4.78 is 138. The monoisotopic (exact) mass is 1710 g/mol. The van der Waals surface area contributed by atoms with Crippen LogP contribution in [-0.4, -0.2) is 112 Å². The lowest BCUT2D eigenvalue weighted by atomic mass is 9.75. The van der Waals surface area contributed by atoms with Crippen LogP contribution in [0.3, 0.4) is 0 Å². The number of hydrogen-bond donors (Lipinski definition) is 2. The SMILES string of the molecule is O=C1OC[C@H](Cc2ccccc2)C1C(=O)[C@H](CC[C@H](O)c1ccc(F)cc1)[C@H](Nc1ccccc1)c1ccc(OS(=O)(=O)CC2OC(COCc3ccccc3)[C@H](OC3OC(COCc4ccccc4)[C@H](OCc4ccccc4)[C@H](OCc4ccccc4)[C@H]3OCc3ccccc3)[C@H](OCc3ccccc3)[C@H]2OCc2ccccc2)cc1OCc1ccccc1. The van der Waals surface area contributed by atoms with Crippen LogP contribution in [-0.2, 0) is 131 Å². The highest BCUT2D eigenvalue weighted by Gasteiger charge is 2.56. The topological polar surface area (TPSA) is 221 Å². The van der Waals surface area contributed by atoms with Gasteiger partial charge >= 0.3 is 16.1 Å². The van der Waals surface area contributed by atoms with Gasteiger partial charge in [0.15, 0.2) is 12.1 Å². The highest BCUT2D eigenvalue weighted by molar-refractivity contribution is 7.87. The molecular formula is C104H104FNO18S. The number of Topliss-reactive ketones (excluding diaryl/α,β-unsaturated/α-hetero) is 1. The standard InChI is InChI=1S/C104H104FNO18S/c105-84-53-51-82(52-54-84)89(107)58-57-88(96(108)94-83(69-120-103(94)109)59-73-31-11-1-12-32-73)95(106-85-49-29-10-30-50-85)87-56-55-86(60-90(87)114-63-76-37-17-4-18-38-76)124-125(110,111)72-93-98(116-65-78-41-21-6-22-42-78)100(117-66-79-43-23-7-24-44-79)99(92(121-93)71-113-62-75-35-15-3-16-36-75)123-104-102(119-68-81-47-27-9-28-48-81)101(118-67-80-45-25-8-26-46-80)97(115-64-77-39-19-5-20-40-77)91(122-104)70-112-61-74-33-13-2-14-34-74/h1-56,60,83,88-89,91-95,97-102,104,106-107H,57-59,61-72H2/t83-,88+,89-,91?,92?,93?,94?,95+,97-,98-,99-,100+,101-,102+,104?/m0/s1. The lowest BCUT2D eigenvalue weighted by Gasteiger charge is -2.50. The molecule has 646 valence electrons. The molecule has 3 aliphatic rings. The number of hydrogen-bond acceptors (Lipinski definition) is 19. The minimum absolute atomic E-state index is 0.000415. The first-order valence-electron chi connectivity index (χ1n) is 42.5. The van der Waals surface area contributed by atoms with Gasteiger partial charge in [-0.25, -0.2) is 4.39 Å². The molecule has 0 spiro atoms. The fraction of sp³-hybridized carbons (Fsp3) is 0.288. The molecule has 12 aromatic carbocycles. The molecule has 5 unspecified atom stereocenters. The van der Waals surface area contributed by atoms with Gasteiger partial charge in [0.2, 0.25) is 0 Å². The van der Waals surface area contributed by atoms with Gasteiger partial charge in [0, 0.05) is 29.2 Å². The van der Waals surface area contributed by atoms with Crippen molar-refractivity contribution >= 4 is 27.6 Å². The normalized spacial score (nSPS) is 21.4. The summed E-state index contributed by atoms with van der Waals surface area (Å²) in [5.41, 5.74) is 9.04. The van der Waals surface area contributed by atoms with Gasteiger partial charge in [0.1, 0.15) is 90.5 Å². The summed E-state index contributed by atoms with van der Waals surface area (Å²) in [6.07, 6.45) is -12.3. The van der Waals surface area contributed by atoms with E-state index in [-0.39, 0.29) is 97.0 Å². The molecule has 0 saturated carbocycles. The molecule has 3 fully saturated rings. The third-order valence-corrected chi connectivity index (χ3v) is 23.8. The number of ether oxygens (including phenoxy) is 12. The van der Waals surface area contributed by atoms with Gasteiger partial charge in [-0.3, -0.25) is 9.59 Å². The summed E-state index contributed by atoms with van der Waals surface area (Å²) in [5.74, 6) is -5.41. The lowest BCUT2D eigenvalue weighted by Crippen LogP contribution is -2.66. The summed E-state index contributed by atoms with van der Waals surface area (Å²) in [6.45, 7) is 0.431. The van der Waals surface area contributed by atoms with E-state index in [0.717, 1.165) is 50.1 Å². The zero-order valence-corrected chi connectivity index (χ0v) is 70.2. The zero-order valence-electron chi connectivity index (χ0n) is 69.3. The second-order valence-corrected chi connectivity index (χ2v) is 33.3. The molecule has 2 N–H and O–H groups in total. The van der Waals surface area contributed by atoms with Crippen molar-refractivity contribution in [3.8, 4) is 11.5 Å². The van der Waals surface area contributed by atoms with Crippen LogP contribution in [0.1, 0.15) is 86.2 Å². The Balaban J connectivity index is 0.819. The molecular weight excluding hydrogens is 1600 g/mol. The summed E-state index contributed by atoms with van der Waals surface area (Å²) in [5, 5.41) is 15.6. The van der Waals surface area contributed by atoms with Crippen molar-refractivity contribution in [3.05, 3.63) is 413 Å². The number of benzene rings is 12. The maximum Gasteiger partial charge on any atom is 0.316 e. The molecule has 0 amide bonds. The van der Waals surface area contributed by atoms with E-state index >= 15 is 13.2 Å². The number of rotatable bonds is 44. The summed E-state index contributed by atoms with van der Waals surface area (Å²) >= 11 is 0. The Hall–Kier alpha value is -11.4. The molecule has 3 heterocycles. The zero-order chi connectivity index (χ0) is 85.8. The number of nitrogens with one attached hydrogen (secondary N) is 1. The second kappa shape index (κ2) is 45.0. The third-order valence-electron chi connectivity index (χ3n) is 22.7. The number of aliphatic hydroxyl groups excluding tert-OH is 1. The van der Waals surface area contributed by atoms with Gasteiger partial charge < -0.3 is 71.4 Å². The molecule has 15 rings (SSSR count). The Morgan fingerprint density at radius 3 is 1.30 bits per heavy atom. The number of esters is 1. The van der Waals surface area contributed by atoms with Crippen LogP contribution < -0.4 is 14.2 Å². The second-order valence-electron chi connectivity index (χ2n) is 31.6. The van der Waals surface area contributed by atoms with Crippen molar-refractivity contribution in [1.82, 2.24) is 0 Å². The van der Waals surface area contributed by atoms with Crippen molar-refractivity contribution in [3.63, 3.8) is 0 Å². The maximum absolute atomic E-state index is 16.1. The highest BCUT2D eigenvalue weighted by Crippen LogP contribution is 2.44. The summed E-state index contributed by atoms with van der Waals surface area (Å²) in [7, 11) is -4.87. The van der Waals surface area contributed by atoms with E-state index in [9.17, 15) is 14.3 Å². The number of anilines is 1. The minimum Gasteiger partial charge on any atom is -0.488 e. The van der Waals surface area contributed by atoms with Crippen LogP contribution in [0, 0.1) is 23.6 Å². The fourth-order valence-electron chi connectivity index (χ4n) is 16.3.